The number of hydrogen-bond donors (Lipinski definition) is 1. The van der Waals surface area contributed by atoms with Crippen molar-refractivity contribution in [3.05, 3.63) is 39.9 Å². The van der Waals surface area contributed by atoms with Crippen molar-refractivity contribution in [2.75, 3.05) is 0 Å². The molecular weight excluding hydrogens is 270 g/mol. The first kappa shape index (κ1) is 13.7. The number of fused-ring (bicyclic) bond motifs is 1. The highest BCUT2D eigenvalue weighted by Gasteiger charge is 2.46. The number of carbonyl (C=O) groups excluding carboxylic acids is 1. The van der Waals surface area contributed by atoms with Crippen LogP contribution in [-0.2, 0) is 4.79 Å². The second-order valence-corrected chi connectivity index (χ2v) is 6.53. The van der Waals surface area contributed by atoms with Gasteiger partial charge >= 0.3 is 0 Å². The Kier molecular flexibility index (Phi) is 3.04. The molecule has 0 saturated heterocycles. The molecular formula is C15H17N3O3. The van der Waals surface area contributed by atoms with E-state index in [4.69, 9.17) is 0 Å². The molecule has 1 aliphatic heterocycles. The van der Waals surface area contributed by atoms with Crippen molar-refractivity contribution < 1.29 is 9.72 Å². The molecule has 1 N–H and O–H groups in total. The van der Waals surface area contributed by atoms with Crippen LogP contribution >= 0.6 is 0 Å². The lowest BCUT2D eigenvalue weighted by Gasteiger charge is -2.36. The van der Waals surface area contributed by atoms with Crippen LogP contribution in [0.4, 0.5) is 5.69 Å². The molecule has 0 aromatic heterocycles. The maximum atomic E-state index is 12.4. The van der Waals surface area contributed by atoms with Gasteiger partial charge in [-0.25, -0.2) is 0 Å². The number of nitrogens with zero attached hydrogens (tertiary/aromatic N) is 2. The molecule has 2 atom stereocenters. The highest BCUT2D eigenvalue weighted by Crippen LogP contribution is 2.39. The molecule has 0 amide bonds. The van der Waals surface area contributed by atoms with E-state index in [1.54, 1.807) is 12.1 Å². The molecule has 2 aliphatic rings. The summed E-state index contributed by atoms with van der Waals surface area (Å²) < 4.78 is 0. The van der Waals surface area contributed by atoms with Crippen LogP contribution in [0.1, 0.15) is 32.3 Å². The molecule has 0 spiro atoms. The van der Waals surface area contributed by atoms with Crippen molar-refractivity contribution in [1.82, 2.24) is 5.43 Å². The van der Waals surface area contributed by atoms with Crippen LogP contribution < -0.4 is 5.43 Å². The molecule has 0 radical (unpaired) electrons. The number of hydrogen-bond acceptors (Lipinski definition) is 5. The lowest BCUT2D eigenvalue weighted by atomic mass is 9.68. The van der Waals surface area contributed by atoms with Crippen LogP contribution in [0.5, 0.6) is 0 Å². The summed E-state index contributed by atoms with van der Waals surface area (Å²) in [4.78, 5) is 22.9. The zero-order chi connectivity index (χ0) is 15.2. The minimum absolute atomic E-state index is 0.00416. The van der Waals surface area contributed by atoms with Gasteiger partial charge in [-0.2, -0.15) is 5.10 Å². The zero-order valence-corrected chi connectivity index (χ0v) is 12.0. The summed E-state index contributed by atoms with van der Waals surface area (Å²) in [7, 11) is 0. The number of hydrazone groups is 1. The van der Waals surface area contributed by atoms with Gasteiger partial charge in [0.05, 0.1) is 22.6 Å². The van der Waals surface area contributed by atoms with E-state index in [2.05, 4.69) is 24.4 Å². The van der Waals surface area contributed by atoms with E-state index in [9.17, 15) is 14.9 Å². The van der Waals surface area contributed by atoms with Gasteiger partial charge in [0.15, 0.2) is 0 Å². The lowest BCUT2D eigenvalue weighted by Crippen LogP contribution is -2.45. The number of rotatable bonds is 2. The third-order valence-electron chi connectivity index (χ3n) is 4.17. The van der Waals surface area contributed by atoms with Gasteiger partial charge in [-0.3, -0.25) is 14.9 Å². The topological polar surface area (TPSA) is 84.6 Å². The van der Waals surface area contributed by atoms with E-state index in [1.165, 1.54) is 12.1 Å². The van der Waals surface area contributed by atoms with Crippen molar-refractivity contribution >= 4 is 17.2 Å². The first-order valence-corrected chi connectivity index (χ1v) is 6.98. The maximum absolute atomic E-state index is 12.4. The van der Waals surface area contributed by atoms with Crippen molar-refractivity contribution in [3.63, 3.8) is 0 Å². The first-order valence-electron chi connectivity index (χ1n) is 6.98. The zero-order valence-electron chi connectivity index (χ0n) is 12.0. The Labute approximate surface area is 122 Å². The number of nitrogens with one attached hydrogen (secondary N) is 1. The number of ketones is 1. The fourth-order valence-electron chi connectivity index (χ4n) is 3.30. The minimum Gasteiger partial charge on any atom is -0.306 e. The van der Waals surface area contributed by atoms with Crippen molar-refractivity contribution in [3.8, 4) is 0 Å². The van der Waals surface area contributed by atoms with Crippen LogP contribution in [0.25, 0.3) is 0 Å². The Balaban J connectivity index is 1.93. The molecule has 0 bridgehead atoms. The highest BCUT2D eigenvalue weighted by atomic mass is 16.6. The minimum atomic E-state index is -0.435. The summed E-state index contributed by atoms with van der Waals surface area (Å²) in [6.07, 6.45) is 1.38. The predicted octanol–water partition coefficient (Wildman–Crippen LogP) is 2.28. The Hall–Kier alpha value is -2.24. The van der Waals surface area contributed by atoms with Gasteiger partial charge in [-0.1, -0.05) is 26.0 Å². The van der Waals surface area contributed by atoms with Gasteiger partial charge in [0, 0.05) is 24.1 Å². The number of non-ortho nitro benzene ring substituents is 1. The standard InChI is InChI=1S/C15H17N3O3/c1-15(2)7-11-13(12(19)8-15)14(17-16-11)9-4-3-5-10(6-9)18(20)21/h3-6,11,13,16H,7-8H2,1-2H3/t11-,13+/m0/s1. The SMILES string of the molecule is CC1(C)CC(=O)[C@@H]2C(c3cccc([N+](=O)[O-])c3)=NN[C@H]2C1. The normalized spacial score (nSPS) is 26.8. The summed E-state index contributed by atoms with van der Waals surface area (Å²) in [6.45, 7) is 4.16. The van der Waals surface area contributed by atoms with E-state index >= 15 is 0 Å². The summed E-state index contributed by atoms with van der Waals surface area (Å²) in [5.74, 6) is -0.133. The fourth-order valence-corrected chi connectivity index (χ4v) is 3.30. The number of carbonyl (C=O) groups is 1. The average Bonchev–Trinajstić information content (AvgIpc) is 2.81. The molecule has 6 heteroatoms. The molecule has 1 fully saturated rings. The Bertz CT molecular complexity index is 651. The van der Waals surface area contributed by atoms with E-state index in [0.717, 1.165) is 6.42 Å². The van der Waals surface area contributed by atoms with Gasteiger partial charge < -0.3 is 5.43 Å². The summed E-state index contributed by atoms with van der Waals surface area (Å²) in [6, 6.07) is 6.31. The van der Waals surface area contributed by atoms with E-state index < -0.39 is 4.92 Å². The maximum Gasteiger partial charge on any atom is 0.270 e. The molecule has 1 saturated carbocycles. The third-order valence-corrected chi connectivity index (χ3v) is 4.17. The monoisotopic (exact) mass is 287 g/mol. The largest absolute Gasteiger partial charge is 0.306 e. The Morgan fingerprint density at radius 1 is 1.43 bits per heavy atom. The number of Topliss-reactive ketones (excluding diaryl/α,β-unsaturated/α-hetero) is 1. The Morgan fingerprint density at radius 2 is 2.19 bits per heavy atom. The summed E-state index contributed by atoms with van der Waals surface area (Å²) in [5, 5.41) is 15.2. The number of nitro groups is 1. The second kappa shape index (κ2) is 4.65. The summed E-state index contributed by atoms with van der Waals surface area (Å²) in [5.41, 5.74) is 4.31. The van der Waals surface area contributed by atoms with Crippen LogP contribution in [0.2, 0.25) is 0 Å². The van der Waals surface area contributed by atoms with E-state index in [0.29, 0.717) is 17.7 Å². The molecule has 0 unspecified atom stereocenters. The first-order chi connectivity index (χ1) is 9.87. The van der Waals surface area contributed by atoms with Crippen molar-refractivity contribution in [2.24, 2.45) is 16.4 Å². The van der Waals surface area contributed by atoms with Gasteiger partial charge in [-0.15, -0.1) is 0 Å². The highest BCUT2D eigenvalue weighted by molar-refractivity contribution is 6.15. The molecule has 21 heavy (non-hydrogen) atoms. The molecule has 3 rings (SSSR count). The molecule has 110 valence electrons. The number of benzene rings is 1. The molecule has 1 aromatic rings. The lowest BCUT2D eigenvalue weighted by molar-refractivity contribution is -0.384. The third kappa shape index (κ3) is 2.41. The van der Waals surface area contributed by atoms with Crippen LogP contribution in [0, 0.1) is 21.4 Å². The van der Waals surface area contributed by atoms with Crippen LogP contribution in [0.15, 0.2) is 29.4 Å². The molecule has 1 aliphatic carbocycles. The number of nitro benzene ring substituents is 1. The molecule has 1 heterocycles. The Morgan fingerprint density at radius 3 is 2.90 bits per heavy atom. The molecule has 6 nitrogen and oxygen atoms in total. The molecule has 1 aromatic carbocycles. The van der Waals surface area contributed by atoms with E-state index in [1.807, 2.05) is 0 Å². The van der Waals surface area contributed by atoms with Gasteiger partial charge in [-0.05, 0) is 11.8 Å². The smallest absolute Gasteiger partial charge is 0.270 e. The van der Waals surface area contributed by atoms with Crippen LogP contribution in [-0.4, -0.2) is 22.5 Å². The van der Waals surface area contributed by atoms with Crippen molar-refractivity contribution in [1.29, 1.82) is 0 Å². The van der Waals surface area contributed by atoms with Crippen molar-refractivity contribution in [2.45, 2.75) is 32.7 Å². The average molecular weight is 287 g/mol. The van der Waals surface area contributed by atoms with Gasteiger partial charge in [0.25, 0.3) is 5.69 Å². The predicted molar refractivity (Wildman–Crippen MR) is 78.1 cm³/mol. The van der Waals surface area contributed by atoms with Gasteiger partial charge in [0.2, 0.25) is 0 Å². The quantitative estimate of drug-likeness (QED) is 0.668. The second-order valence-electron chi connectivity index (χ2n) is 6.53. The van der Waals surface area contributed by atoms with Gasteiger partial charge in [0.1, 0.15) is 5.78 Å². The summed E-state index contributed by atoms with van der Waals surface area (Å²) >= 11 is 0. The van der Waals surface area contributed by atoms with Crippen LogP contribution in [0.3, 0.4) is 0 Å². The fraction of sp³-hybridized carbons (Fsp3) is 0.467. The van der Waals surface area contributed by atoms with E-state index in [-0.39, 0.29) is 28.8 Å².